The van der Waals surface area contributed by atoms with Gasteiger partial charge in [0.05, 0.1) is 12.2 Å². The summed E-state index contributed by atoms with van der Waals surface area (Å²) >= 11 is 0. The van der Waals surface area contributed by atoms with Crippen LogP contribution in [0.1, 0.15) is 25.5 Å². The van der Waals surface area contributed by atoms with Gasteiger partial charge in [-0.15, -0.1) is 0 Å². The Morgan fingerprint density at radius 3 is 2.68 bits per heavy atom. The van der Waals surface area contributed by atoms with Crippen LogP contribution >= 0.6 is 0 Å². The Kier molecular flexibility index (Phi) is 6.21. The summed E-state index contributed by atoms with van der Waals surface area (Å²) in [5, 5.41) is 14.8. The van der Waals surface area contributed by atoms with Crippen LogP contribution in [0.3, 0.4) is 0 Å². The first-order valence-corrected chi connectivity index (χ1v) is 13.0. The number of nitrogens with zero attached hydrogens (tertiary/aromatic N) is 7. The predicted molar refractivity (Wildman–Crippen MR) is 148 cm³/mol. The summed E-state index contributed by atoms with van der Waals surface area (Å²) in [5.74, 6) is 0.911. The van der Waals surface area contributed by atoms with Crippen molar-refractivity contribution in [1.82, 2.24) is 29.2 Å². The maximum Gasteiger partial charge on any atom is 0.278 e. The highest BCUT2D eigenvalue weighted by molar-refractivity contribution is 5.77. The fourth-order valence-electron chi connectivity index (χ4n) is 5.09. The third-order valence-corrected chi connectivity index (χ3v) is 7.39. The molecule has 2 aliphatic heterocycles. The molecule has 0 unspecified atom stereocenters. The largest absolute Gasteiger partial charge is 0.384 e. The minimum Gasteiger partial charge on any atom is -0.384 e. The van der Waals surface area contributed by atoms with Crippen molar-refractivity contribution in [2.24, 2.45) is 0 Å². The predicted octanol–water partition coefficient (Wildman–Crippen LogP) is 3.03. The Morgan fingerprint density at radius 1 is 1.03 bits per heavy atom. The van der Waals surface area contributed by atoms with Crippen molar-refractivity contribution in [1.29, 1.82) is 0 Å². The lowest BCUT2D eigenvalue weighted by molar-refractivity contribution is 0.0443. The third kappa shape index (κ3) is 4.57. The second-order valence-electron chi connectivity index (χ2n) is 10.3. The van der Waals surface area contributed by atoms with Crippen molar-refractivity contribution in [2.45, 2.75) is 31.9 Å². The number of hydrogen-bond donors (Lipinski definition) is 2. The molecule has 2 N–H and O–H groups in total. The molecule has 2 bridgehead atoms. The normalized spacial score (nSPS) is 21.1. The molecule has 1 saturated heterocycles. The molecule has 38 heavy (non-hydrogen) atoms. The molecule has 10 nitrogen and oxygen atoms in total. The van der Waals surface area contributed by atoms with Crippen LogP contribution in [-0.2, 0) is 12.1 Å². The fraction of sp³-hybridized carbons (Fsp3) is 0.357. The maximum absolute atomic E-state index is 13.4. The molecule has 1 aromatic carbocycles. The van der Waals surface area contributed by atoms with Gasteiger partial charge in [-0.3, -0.25) is 4.79 Å². The minimum absolute atomic E-state index is 0.188. The lowest BCUT2D eigenvalue weighted by atomic mass is 9.95. The van der Waals surface area contributed by atoms with E-state index < -0.39 is 5.60 Å². The van der Waals surface area contributed by atoms with Gasteiger partial charge in [0.1, 0.15) is 11.0 Å². The van der Waals surface area contributed by atoms with E-state index in [0.29, 0.717) is 47.9 Å². The first-order valence-electron chi connectivity index (χ1n) is 13.0. The van der Waals surface area contributed by atoms with Crippen LogP contribution in [0.25, 0.3) is 16.9 Å². The number of pyridine rings is 1. The first-order chi connectivity index (χ1) is 18.4. The SMILES string of the molecule is CN1CCN(c2cccc(Nc3ncc4c(=O)n5n(c4n3)-c3cccc(n3)[C@](C)(O)CC/C=C\C5)c2)CC1. The number of nitrogens with one attached hydrogen (secondary N) is 1. The second kappa shape index (κ2) is 9.70. The van der Waals surface area contributed by atoms with Crippen molar-refractivity contribution < 1.29 is 5.11 Å². The van der Waals surface area contributed by atoms with E-state index >= 15 is 0 Å². The quantitative estimate of drug-likeness (QED) is 0.404. The molecule has 0 saturated carbocycles. The topological polar surface area (TPSA) is 104 Å². The molecule has 10 heteroatoms. The van der Waals surface area contributed by atoms with Crippen molar-refractivity contribution in [3.63, 3.8) is 0 Å². The summed E-state index contributed by atoms with van der Waals surface area (Å²) in [6.45, 7) is 6.16. The monoisotopic (exact) mass is 512 g/mol. The van der Waals surface area contributed by atoms with E-state index in [4.69, 9.17) is 9.97 Å². The van der Waals surface area contributed by atoms with E-state index in [1.807, 2.05) is 42.5 Å². The van der Waals surface area contributed by atoms with E-state index in [1.165, 1.54) is 0 Å². The zero-order valence-corrected chi connectivity index (χ0v) is 21.7. The molecule has 3 aromatic heterocycles. The number of fused-ring (bicyclic) bond motifs is 6. The second-order valence-corrected chi connectivity index (χ2v) is 10.3. The van der Waals surface area contributed by atoms with Crippen molar-refractivity contribution in [2.75, 3.05) is 43.4 Å². The molecule has 6 rings (SSSR count). The van der Waals surface area contributed by atoms with Crippen LogP contribution in [0.5, 0.6) is 0 Å². The molecule has 5 heterocycles. The molecular weight excluding hydrogens is 480 g/mol. The Bertz CT molecular complexity index is 1560. The van der Waals surface area contributed by atoms with Crippen molar-refractivity contribution in [3.8, 4) is 5.82 Å². The van der Waals surface area contributed by atoms with Gasteiger partial charge in [0.2, 0.25) is 5.95 Å². The van der Waals surface area contributed by atoms with Crippen molar-refractivity contribution in [3.05, 3.63) is 76.9 Å². The highest BCUT2D eigenvalue weighted by Gasteiger charge is 2.26. The Labute approximate surface area is 220 Å². The average Bonchev–Trinajstić information content (AvgIpc) is 3.19. The van der Waals surface area contributed by atoms with Gasteiger partial charge in [0.25, 0.3) is 5.56 Å². The van der Waals surface area contributed by atoms with Gasteiger partial charge in [-0.1, -0.05) is 24.3 Å². The summed E-state index contributed by atoms with van der Waals surface area (Å²) in [6.07, 6.45) is 6.71. The number of aliphatic hydroxyl groups is 1. The van der Waals surface area contributed by atoms with Crippen LogP contribution in [0.4, 0.5) is 17.3 Å². The van der Waals surface area contributed by atoms with Gasteiger partial charge >= 0.3 is 0 Å². The molecule has 1 fully saturated rings. The van der Waals surface area contributed by atoms with E-state index in [2.05, 4.69) is 39.3 Å². The minimum atomic E-state index is -1.09. The molecule has 4 aromatic rings. The molecule has 1 atom stereocenters. The number of rotatable bonds is 3. The summed E-state index contributed by atoms with van der Waals surface area (Å²) in [6, 6.07) is 13.7. The highest BCUT2D eigenvalue weighted by atomic mass is 16.3. The number of piperazine rings is 1. The smallest absolute Gasteiger partial charge is 0.278 e. The molecule has 0 aliphatic carbocycles. The van der Waals surface area contributed by atoms with E-state index in [1.54, 1.807) is 22.5 Å². The van der Waals surface area contributed by atoms with Gasteiger partial charge in [-0.05, 0) is 57.1 Å². The first kappa shape index (κ1) is 24.3. The standard InChI is InChI=1S/C28H32N8O2/c1-28(38)12-4-3-5-13-35-26(37)22-19-29-27(32-25(22)36(35)24-11-7-10-23(28)31-24)30-20-8-6-9-21(18-20)34-16-14-33(2)15-17-34/h3,5-11,18-19,38H,4,12-17H2,1-2H3,(H,29,30,32)/b5-3-/t28-/m1/s1. The molecule has 2 aliphatic rings. The Morgan fingerprint density at radius 2 is 1.84 bits per heavy atom. The van der Waals surface area contributed by atoms with Gasteiger partial charge < -0.3 is 20.2 Å². The fourth-order valence-corrected chi connectivity index (χ4v) is 5.09. The van der Waals surface area contributed by atoms with Crippen LogP contribution < -0.4 is 15.8 Å². The summed E-state index contributed by atoms with van der Waals surface area (Å²) in [4.78, 5) is 32.1. The van der Waals surface area contributed by atoms with Crippen LogP contribution in [0.2, 0.25) is 0 Å². The molecule has 196 valence electrons. The summed E-state index contributed by atoms with van der Waals surface area (Å²) in [5.41, 5.74) is 1.76. The number of likely N-dealkylation sites (N-methyl/N-ethyl adjacent to an activating group) is 1. The lowest BCUT2D eigenvalue weighted by Gasteiger charge is -2.34. The zero-order chi connectivity index (χ0) is 26.3. The van der Waals surface area contributed by atoms with E-state index in [0.717, 1.165) is 37.6 Å². The number of benzene rings is 1. The van der Waals surface area contributed by atoms with Gasteiger partial charge in [0.15, 0.2) is 11.5 Å². The Balaban J connectivity index is 1.40. The number of aromatic nitrogens is 5. The maximum atomic E-state index is 13.4. The molecule has 0 spiro atoms. The third-order valence-electron chi connectivity index (χ3n) is 7.39. The molecular formula is C28H32N8O2. The lowest BCUT2D eigenvalue weighted by Crippen LogP contribution is -2.44. The summed E-state index contributed by atoms with van der Waals surface area (Å²) < 4.78 is 3.33. The van der Waals surface area contributed by atoms with Gasteiger partial charge in [-0.2, -0.15) is 4.98 Å². The van der Waals surface area contributed by atoms with E-state index in [9.17, 15) is 9.90 Å². The van der Waals surface area contributed by atoms with Gasteiger partial charge in [-0.25, -0.2) is 19.3 Å². The number of hydrogen-bond acceptors (Lipinski definition) is 8. The van der Waals surface area contributed by atoms with Crippen LogP contribution in [0.15, 0.2) is 65.6 Å². The zero-order valence-electron chi connectivity index (χ0n) is 21.7. The van der Waals surface area contributed by atoms with Crippen LogP contribution in [0, 0.1) is 0 Å². The van der Waals surface area contributed by atoms with Crippen molar-refractivity contribution >= 4 is 28.4 Å². The van der Waals surface area contributed by atoms with E-state index in [-0.39, 0.29) is 5.56 Å². The molecule has 0 radical (unpaired) electrons. The highest BCUT2D eigenvalue weighted by Crippen LogP contribution is 2.27. The van der Waals surface area contributed by atoms with Crippen LogP contribution in [-0.4, -0.2) is 67.5 Å². The Hall–Kier alpha value is -4.02. The number of anilines is 3. The summed E-state index contributed by atoms with van der Waals surface area (Å²) in [7, 11) is 2.15. The molecule has 0 amide bonds. The number of allylic oxidation sites excluding steroid dienone is 2. The van der Waals surface area contributed by atoms with Gasteiger partial charge in [0, 0.05) is 43.8 Å². The average molecular weight is 513 g/mol.